The summed E-state index contributed by atoms with van der Waals surface area (Å²) in [7, 11) is 0. The summed E-state index contributed by atoms with van der Waals surface area (Å²) in [5, 5.41) is 6.42. The van der Waals surface area contributed by atoms with E-state index in [9.17, 15) is 9.18 Å². The van der Waals surface area contributed by atoms with Gasteiger partial charge in [-0.3, -0.25) is 9.89 Å². The van der Waals surface area contributed by atoms with Gasteiger partial charge in [-0.1, -0.05) is 12.1 Å². The molecule has 0 aliphatic rings. The molecule has 2 aromatic rings. The molecule has 1 amide bonds. The Labute approximate surface area is 91.3 Å². The zero-order valence-corrected chi connectivity index (χ0v) is 8.40. The second-order valence-corrected chi connectivity index (χ2v) is 3.45. The summed E-state index contributed by atoms with van der Waals surface area (Å²) in [6.45, 7) is 0. The zero-order chi connectivity index (χ0) is 11.5. The molecule has 4 nitrogen and oxygen atoms in total. The highest BCUT2D eigenvalue weighted by atomic mass is 19.1. The number of aromatic amines is 1. The first-order valence-electron chi connectivity index (χ1n) is 4.73. The van der Waals surface area contributed by atoms with Crippen LogP contribution < -0.4 is 5.73 Å². The van der Waals surface area contributed by atoms with Crippen molar-refractivity contribution >= 4 is 5.91 Å². The van der Waals surface area contributed by atoms with E-state index < -0.39 is 5.91 Å². The Balaban J connectivity index is 2.17. The number of nitrogens with two attached hydrogens (primary N) is 1. The number of hydrogen-bond acceptors (Lipinski definition) is 2. The van der Waals surface area contributed by atoms with E-state index in [4.69, 9.17) is 5.73 Å². The number of carbonyl (C=O) groups excluding carboxylic acids is 1. The van der Waals surface area contributed by atoms with Gasteiger partial charge in [0.25, 0.3) is 5.91 Å². The van der Waals surface area contributed by atoms with Gasteiger partial charge in [0, 0.05) is 12.1 Å². The first-order chi connectivity index (χ1) is 7.65. The molecule has 0 unspecified atom stereocenters. The molecule has 82 valence electrons. The Kier molecular flexibility index (Phi) is 2.68. The van der Waals surface area contributed by atoms with Crippen molar-refractivity contribution in [1.82, 2.24) is 10.2 Å². The van der Waals surface area contributed by atoms with Crippen LogP contribution in [0, 0.1) is 5.82 Å². The Hall–Kier alpha value is -2.17. The summed E-state index contributed by atoms with van der Waals surface area (Å²) in [6, 6.07) is 7.81. The Morgan fingerprint density at radius 2 is 2.25 bits per heavy atom. The molecule has 3 N–H and O–H groups in total. The molecule has 16 heavy (non-hydrogen) atoms. The van der Waals surface area contributed by atoms with Crippen LogP contribution in [0.4, 0.5) is 4.39 Å². The van der Waals surface area contributed by atoms with Crippen molar-refractivity contribution in [3.63, 3.8) is 0 Å². The quantitative estimate of drug-likeness (QED) is 0.815. The van der Waals surface area contributed by atoms with Crippen LogP contribution in [0.15, 0.2) is 30.3 Å². The van der Waals surface area contributed by atoms with Crippen molar-refractivity contribution in [2.45, 2.75) is 6.42 Å². The maximum absolute atomic E-state index is 12.9. The van der Waals surface area contributed by atoms with E-state index in [1.165, 1.54) is 12.1 Å². The average Bonchev–Trinajstić information content (AvgIpc) is 2.66. The molecule has 1 aromatic carbocycles. The van der Waals surface area contributed by atoms with Crippen LogP contribution in [-0.4, -0.2) is 16.1 Å². The highest BCUT2D eigenvalue weighted by Gasteiger charge is 2.06. The van der Waals surface area contributed by atoms with Crippen LogP contribution in [-0.2, 0) is 6.42 Å². The zero-order valence-electron chi connectivity index (χ0n) is 8.40. The third-order valence-corrected chi connectivity index (χ3v) is 2.17. The van der Waals surface area contributed by atoms with Gasteiger partial charge in [0.15, 0.2) is 0 Å². The third-order valence-electron chi connectivity index (χ3n) is 2.17. The second-order valence-electron chi connectivity index (χ2n) is 3.45. The molecule has 0 atom stereocenters. The van der Waals surface area contributed by atoms with Gasteiger partial charge in [-0.2, -0.15) is 5.10 Å². The molecule has 0 aliphatic carbocycles. The maximum Gasteiger partial charge on any atom is 0.269 e. The molecule has 2 rings (SSSR count). The van der Waals surface area contributed by atoms with Crippen molar-refractivity contribution in [2.75, 3.05) is 0 Å². The van der Waals surface area contributed by atoms with Crippen LogP contribution in [0.1, 0.15) is 21.7 Å². The number of benzene rings is 1. The standard InChI is InChI=1S/C11H10FN3O/c12-8-3-1-2-7(4-8)5-9-6-10(11(13)16)15-14-9/h1-4,6H,5H2,(H2,13,16)(H,14,15). The fraction of sp³-hybridized carbons (Fsp3) is 0.0909. The SMILES string of the molecule is NC(=O)c1cc(Cc2cccc(F)c2)[nH]n1. The highest BCUT2D eigenvalue weighted by Crippen LogP contribution is 2.09. The largest absolute Gasteiger partial charge is 0.364 e. The van der Waals surface area contributed by atoms with Gasteiger partial charge < -0.3 is 5.73 Å². The fourth-order valence-electron chi connectivity index (χ4n) is 1.45. The van der Waals surface area contributed by atoms with Gasteiger partial charge in [-0.15, -0.1) is 0 Å². The first kappa shape index (κ1) is 10.4. The van der Waals surface area contributed by atoms with Gasteiger partial charge in [-0.05, 0) is 23.8 Å². The minimum Gasteiger partial charge on any atom is -0.364 e. The predicted octanol–water partition coefficient (Wildman–Crippen LogP) is 1.24. The summed E-state index contributed by atoms with van der Waals surface area (Å²) in [4.78, 5) is 10.8. The highest BCUT2D eigenvalue weighted by molar-refractivity contribution is 5.90. The number of aromatic nitrogens is 2. The molecular formula is C11H10FN3O. The maximum atomic E-state index is 12.9. The number of carbonyl (C=O) groups is 1. The lowest BCUT2D eigenvalue weighted by Crippen LogP contribution is -2.10. The van der Waals surface area contributed by atoms with E-state index in [0.29, 0.717) is 6.42 Å². The number of H-pyrrole nitrogens is 1. The lowest BCUT2D eigenvalue weighted by Gasteiger charge is -1.97. The van der Waals surface area contributed by atoms with E-state index in [1.807, 2.05) is 0 Å². The van der Waals surface area contributed by atoms with Gasteiger partial charge in [-0.25, -0.2) is 4.39 Å². The minimum atomic E-state index is -0.582. The molecule has 5 heteroatoms. The van der Waals surface area contributed by atoms with Gasteiger partial charge in [0.1, 0.15) is 11.5 Å². The topological polar surface area (TPSA) is 71.8 Å². The predicted molar refractivity (Wildman–Crippen MR) is 56.3 cm³/mol. The van der Waals surface area contributed by atoms with Gasteiger partial charge in [0.2, 0.25) is 0 Å². The lowest BCUT2D eigenvalue weighted by molar-refractivity contribution is 0.0995. The second kappa shape index (κ2) is 4.14. The van der Waals surface area contributed by atoms with Crippen molar-refractivity contribution in [3.05, 3.63) is 53.1 Å². The van der Waals surface area contributed by atoms with Crippen molar-refractivity contribution in [2.24, 2.45) is 5.73 Å². The fourth-order valence-corrected chi connectivity index (χ4v) is 1.45. The van der Waals surface area contributed by atoms with Gasteiger partial charge in [0.05, 0.1) is 0 Å². The molecule has 1 aromatic heterocycles. The van der Waals surface area contributed by atoms with E-state index in [2.05, 4.69) is 10.2 Å². The molecule has 0 saturated heterocycles. The monoisotopic (exact) mass is 219 g/mol. The minimum absolute atomic E-state index is 0.186. The number of primary amides is 1. The third kappa shape index (κ3) is 2.25. The molecule has 0 aliphatic heterocycles. The van der Waals surface area contributed by atoms with E-state index in [1.54, 1.807) is 18.2 Å². The molecule has 0 bridgehead atoms. The molecule has 1 heterocycles. The van der Waals surface area contributed by atoms with Crippen LogP contribution in [0.2, 0.25) is 0 Å². The molecule has 0 radical (unpaired) electrons. The number of nitrogens with zero attached hydrogens (tertiary/aromatic N) is 1. The summed E-state index contributed by atoms with van der Waals surface area (Å²) < 4.78 is 12.9. The molecule has 0 saturated carbocycles. The van der Waals surface area contributed by atoms with E-state index in [-0.39, 0.29) is 11.5 Å². The number of hydrogen-bond donors (Lipinski definition) is 2. The van der Waals surface area contributed by atoms with Crippen molar-refractivity contribution in [3.8, 4) is 0 Å². The summed E-state index contributed by atoms with van der Waals surface area (Å²) in [5.74, 6) is -0.867. The van der Waals surface area contributed by atoms with Crippen molar-refractivity contribution in [1.29, 1.82) is 0 Å². The first-order valence-corrected chi connectivity index (χ1v) is 4.73. The summed E-state index contributed by atoms with van der Waals surface area (Å²) in [6.07, 6.45) is 0.484. The normalized spacial score (nSPS) is 10.3. The Bertz CT molecular complexity index is 521. The van der Waals surface area contributed by atoms with Crippen LogP contribution >= 0.6 is 0 Å². The number of halogens is 1. The number of nitrogens with one attached hydrogen (secondary N) is 1. The molecular weight excluding hydrogens is 209 g/mol. The van der Waals surface area contributed by atoms with E-state index >= 15 is 0 Å². The number of amides is 1. The molecule has 0 fully saturated rings. The van der Waals surface area contributed by atoms with Crippen LogP contribution in [0.3, 0.4) is 0 Å². The van der Waals surface area contributed by atoms with Gasteiger partial charge >= 0.3 is 0 Å². The number of rotatable bonds is 3. The average molecular weight is 219 g/mol. The summed E-state index contributed by atoms with van der Waals surface area (Å²) in [5.41, 5.74) is 6.78. The Morgan fingerprint density at radius 1 is 1.44 bits per heavy atom. The van der Waals surface area contributed by atoms with Crippen LogP contribution in [0.25, 0.3) is 0 Å². The molecule has 0 spiro atoms. The smallest absolute Gasteiger partial charge is 0.269 e. The van der Waals surface area contributed by atoms with E-state index in [0.717, 1.165) is 11.3 Å². The van der Waals surface area contributed by atoms with Crippen molar-refractivity contribution < 1.29 is 9.18 Å². The van der Waals surface area contributed by atoms with Crippen LogP contribution in [0.5, 0.6) is 0 Å². The summed E-state index contributed by atoms with van der Waals surface area (Å²) >= 11 is 0. The lowest BCUT2D eigenvalue weighted by atomic mass is 10.1. The Morgan fingerprint density at radius 3 is 2.88 bits per heavy atom.